The number of quaternary nitrogens is 1. The summed E-state index contributed by atoms with van der Waals surface area (Å²) in [5.74, 6) is -0.243. The lowest BCUT2D eigenvalue weighted by molar-refractivity contribution is -0.870. The van der Waals surface area contributed by atoms with E-state index in [4.69, 9.17) is 9.05 Å². The molecule has 8 nitrogen and oxygen atoms in total. The molecule has 0 aliphatic heterocycles. The molecule has 0 aliphatic carbocycles. The highest BCUT2D eigenvalue weighted by molar-refractivity contribution is 7.45. The fraction of sp³-hybridized carbons (Fsp3) is 0.688. The summed E-state index contributed by atoms with van der Waals surface area (Å²) in [6, 6.07) is -0.925. The van der Waals surface area contributed by atoms with Crippen molar-refractivity contribution in [2.24, 2.45) is 0 Å². The number of likely N-dealkylation sites (N-methyl/N-ethyl adjacent to an activating group) is 1. The van der Waals surface area contributed by atoms with Crippen molar-refractivity contribution in [2.45, 2.75) is 174 Å². The molecular weight excluding hydrogens is 732 g/mol. The molecule has 328 valence electrons. The van der Waals surface area contributed by atoms with Crippen molar-refractivity contribution in [3.8, 4) is 0 Å². The van der Waals surface area contributed by atoms with Gasteiger partial charge in [0.05, 0.1) is 39.9 Å². The van der Waals surface area contributed by atoms with Crippen LogP contribution in [0.3, 0.4) is 0 Å². The van der Waals surface area contributed by atoms with Crippen LogP contribution in [0, 0.1) is 0 Å². The summed E-state index contributed by atoms with van der Waals surface area (Å²) in [4.78, 5) is 25.3. The molecule has 1 amide bonds. The maximum Gasteiger partial charge on any atom is 0.268 e. The smallest absolute Gasteiger partial charge is 0.268 e. The molecule has 0 aromatic rings. The minimum atomic E-state index is -4.61. The second-order valence-corrected chi connectivity index (χ2v) is 17.4. The predicted molar refractivity (Wildman–Crippen MR) is 242 cm³/mol. The fourth-order valence-electron chi connectivity index (χ4n) is 5.78. The van der Waals surface area contributed by atoms with Crippen molar-refractivity contribution in [3.63, 3.8) is 0 Å². The van der Waals surface area contributed by atoms with Gasteiger partial charge in [-0.3, -0.25) is 9.36 Å². The molecule has 0 spiro atoms. The molecule has 0 aliphatic rings. The minimum absolute atomic E-state index is 0.0178. The number of nitrogens with zero attached hydrogens (tertiary/aromatic N) is 1. The van der Waals surface area contributed by atoms with Gasteiger partial charge in [0.1, 0.15) is 13.2 Å². The molecular formula is C48H85N2O6P. The van der Waals surface area contributed by atoms with E-state index in [0.717, 1.165) is 70.6 Å². The van der Waals surface area contributed by atoms with Crippen molar-refractivity contribution in [3.05, 3.63) is 85.1 Å². The normalized spacial score (nSPS) is 15.1. The van der Waals surface area contributed by atoms with Gasteiger partial charge in [0.2, 0.25) is 5.91 Å². The quantitative estimate of drug-likeness (QED) is 0.0277. The zero-order chi connectivity index (χ0) is 42.1. The van der Waals surface area contributed by atoms with E-state index in [-0.39, 0.29) is 18.9 Å². The Bertz CT molecular complexity index is 1200. The van der Waals surface area contributed by atoms with Crippen LogP contribution >= 0.6 is 7.82 Å². The van der Waals surface area contributed by atoms with E-state index < -0.39 is 26.6 Å². The van der Waals surface area contributed by atoms with Crippen LogP contribution in [-0.2, 0) is 18.4 Å². The average molecular weight is 817 g/mol. The van der Waals surface area contributed by atoms with E-state index in [1.165, 1.54) is 64.2 Å². The maximum atomic E-state index is 12.8. The Kier molecular flexibility index (Phi) is 37.6. The molecule has 0 aromatic heterocycles. The minimum Gasteiger partial charge on any atom is -0.756 e. The number of carbonyl (C=O) groups is 1. The number of aliphatic hydroxyl groups excluding tert-OH is 1. The van der Waals surface area contributed by atoms with Gasteiger partial charge in [-0.15, -0.1) is 0 Å². The third kappa shape index (κ3) is 41.6. The molecule has 0 radical (unpaired) electrons. The summed E-state index contributed by atoms with van der Waals surface area (Å²) in [6.07, 6.45) is 53.5. The summed E-state index contributed by atoms with van der Waals surface area (Å²) in [6.45, 7) is 4.46. The Hall–Kier alpha value is -2.32. The number of rotatable bonds is 39. The van der Waals surface area contributed by atoms with Gasteiger partial charge < -0.3 is 28.8 Å². The van der Waals surface area contributed by atoms with Crippen LogP contribution in [0.2, 0.25) is 0 Å². The Morgan fingerprint density at radius 2 is 1.09 bits per heavy atom. The molecule has 9 heteroatoms. The highest BCUT2D eigenvalue weighted by Crippen LogP contribution is 2.38. The molecule has 57 heavy (non-hydrogen) atoms. The fourth-order valence-corrected chi connectivity index (χ4v) is 6.50. The number of unbranched alkanes of at least 4 members (excludes halogenated alkanes) is 14. The number of amides is 1. The Balaban J connectivity index is 4.56. The molecule has 0 saturated heterocycles. The molecule has 2 N–H and O–H groups in total. The van der Waals surface area contributed by atoms with Gasteiger partial charge in [-0.1, -0.05) is 163 Å². The van der Waals surface area contributed by atoms with Crippen LogP contribution in [0.1, 0.15) is 162 Å². The molecule has 0 heterocycles. The lowest BCUT2D eigenvalue weighted by Crippen LogP contribution is -2.45. The van der Waals surface area contributed by atoms with Crippen LogP contribution in [0.25, 0.3) is 0 Å². The van der Waals surface area contributed by atoms with Crippen LogP contribution < -0.4 is 10.2 Å². The van der Waals surface area contributed by atoms with Crippen LogP contribution in [0.5, 0.6) is 0 Å². The zero-order valence-electron chi connectivity index (χ0n) is 37.0. The number of hydrogen-bond donors (Lipinski definition) is 2. The number of allylic oxidation sites excluding steroid dienone is 13. The second kappa shape index (κ2) is 39.2. The lowest BCUT2D eigenvalue weighted by atomic mass is 10.1. The van der Waals surface area contributed by atoms with E-state index in [0.29, 0.717) is 17.4 Å². The summed E-state index contributed by atoms with van der Waals surface area (Å²) in [5.41, 5.74) is 0. The van der Waals surface area contributed by atoms with Crippen molar-refractivity contribution in [2.75, 3.05) is 40.9 Å². The van der Waals surface area contributed by atoms with Gasteiger partial charge in [0.15, 0.2) is 0 Å². The topological polar surface area (TPSA) is 108 Å². The number of carbonyl (C=O) groups excluding carboxylic acids is 1. The number of aliphatic hydroxyl groups is 1. The first kappa shape index (κ1) is 54.7. The van der Waals surface area contributed by atoms with Crippen molar-refractivity contribution in [1.82, 2.24) is 5.32 Å². The number of phosphoric acid groups is 1. The first-order valence-corrected chi connectivity index (χ1v) is 23.9. The Morgan fingerprint density at radius 3 is 1.63 bits per heavy atom. The van der Waals surface area contributed by atoms with Gasteiger partial charge in [0, 0.05) is 6.42 Å². The summed E-state index contributed by atoms with van der Waals surface area (Å²) < 4.78 is 23.2. The molecule has 0 aromatic carbocycles. The summed E-state index contributed by atoms with van der Waals surface area (Å²) in [7, 11) is 1.20. The predicted octanol–water partition coefficient (Wildman–Crippen LogP) is 11.9. The first-order valence-electron chi connectivity index (χ1n) is 22.4. The number of hydrogen-bond acceptors (Lipinski definition) is 6. The molecule has 3 unspecified atom stereocenters. The van der Waals surface area contributed by atoms with Crippen molar-refractivity contribution < 1.29 is 32.9 Å². The Morgan fingerprint density at radius 1 is 0.632 bits per heavy atom. The SMILES string of the molecule is CC/C=C\C/C=C\C/C=C\C/C=C\C/C=C\CCCCCC(=O)NC(COP(=O)([O-])OCC[N+](C)(C)C)C(O)/C=C/CC/C=C/CCCCCCCCCCCC. The van der Waals surface area contributed by atoms with Gasteiger partial charge in [-0.2, -0.15) is 0 Å². The third-order valence-electron chi connectivity index (χ3n) is 9.34. The van der Waals surface area contributed by atoms with E-state index in [1.54, 1.807) is 6.08 Å². The number of phosphoric ester groups is 1. The first-order chi connectivity index (χ1) is 27.5. The monoisotopic (exact) mass is 817 g/mol. The summed E-state index contributed by atoms with van der Waals surface area (Å²) in [5, 5.41) is 13.7. The molecule has 0 fully saturated rings. The van der Waals surface area contributed by atoms with E-state index in [2.05, 4.69) is 92.1 Å². The summed E-state index contributed by atoms with van der Waals surface area (Å²) >= 11 is 0. The standard InChI is InChI=1S/C48H85N2O6P/c1-6-8-10-12-14-16-18-20-22-24-25-26-28-30-32-34-36-38-40-42-48(52)49-46(45-56-57(53,54)55-44-43-50(3,4)5)47(51)41-39-37-35-33-31-29-27-23-21-19-17-15-13-11-9-7-2/h8,10,14,16,20,22,25-26,30-33,39,41,46-47,51H,6-7,9,11-13,15,17-19,21,23-24,27-29,34-38,40,42-45H2,1-5H3,(H-,49,52,53,54)/b10-8-,16-14-,22-20-,26-25-,32-30-,33-31+,41-39+. The molecule has 0 rings (SSSR count). The van der Waals surface area contributed by atoms with E-state index in [9.17, 15) is 19.4 Å². The third-order valence-corrected chi connectivity index (χ3v) is 10.3. The van der Waals surface area contributed by atoms with Crippen LogP contribution in [0.15, 0.2) is 85.1 Å². The van der Waals surface area contributed by atoms with Gasteiger partial charge >= 0.3 is 0 Å². The van der Waals surface area contributed by atoms with E-state index in [1.807, 2.05) is 27.2 Å². The lowest BCUT2D eigenvalue weighted by Gasteiger charge is -2.29. The van der Waals surface area contributed by atoms with Crippen LogP contribution in [0.4, 0.5) is 0 Å². The highest BCUT2D eigenvalue weighted by atomic mass is 31.2. The van der Waals surface area contributed by atoms with Crippen molar-refractivity contribution in [1.29, 1.82) is 0 Å². The molecule has 0 bridgehead atoms. The molecule has 0 saturated carbocycles. The van der Waals surface area contributed by atoms with Crippen LogP contribution in [-0.4, -0.2) is 68.5 Å². The van der Waals surface area contributed by atoms with Gasteiger partial charge in [0.25, 0.3) is 7.82 Å². The van der Waals surface area contributed by atoms with Gasteiger partial charge in [-0.05, 0) is 77.0 Å². The molecule has 3 atom stereocenters. The number of nitrogens with one attached hydrogen (secondary N) is 1. The maximum absolute atomic E-state index is 12.8. The van der Waals surface area contributed by atoms with E-state index >= 15 is 0 Å². The second-order valence-electron chi connectivity index (χ2n) is 16.0. The average Bonchev–Trinajstić information content (AvgIpc) is 3.16. The highest BCUT2D eigenvalue weighted by Gasteiger charge is 2.23. The Labute approximate surface area is 350 Å². The van der Waals surface area contributed by atoms with Gasteiger partial charge in [-0.25, -0.2) is 0 Å². The van der Waals surface area contributed by atoms with Crippen molar-refractivity contribution >= 4 is 13.7 Å². The largest absolute Gasteiger partial charge is 0.756 e. The zero-order valence-corrected chi connectivity index (χ0v) is 37.9.